The second-order valence-electron chi connectivity index (χ2n) is 11.6. The Morgan fingerprint density at radius 3 is 2.17 bits per heavy atom. The van der Waals surface area contributed by atoms with E-state index in [4.69, 9.17) is 34.8 Å². The maximum atomic E-state index is 13.4. The van der Waals surface area contributed by atoms with Gasteiger partial charge in [0.1, 0.15) is 5.69 Å². The van der Waals surface area contributed by atoms with Crippen molar-refractivity contribution in [2.75, 3.05) is 39.3 Å². The van der Waals surface area contributed by atoms with Crippen LogP contribution in [0.25, 0.3) is 5.69 Å². The molecule has 2 fully saturated rings. The van der Waals surface area contributed by atoms with E-state index in [-0.39, 0.29) is 11.8 Å². The number of piperazine rings is 1. The van der Waals surface area contributed by atoms with Crippen LogP contribution in [0.5, 0.6) is 0 Å². The Morgan fingerprint density at radius 1 is 0.881 bits per heavy atom. The summed E-state index contributed by atoms with van der Waals surface area (Å²) in [5.41, 5.74) is 2.92. The van der Waals surface area contributed by atoms with Crippen LogP contribution in [0.3, 0.4) is 0 Å². The van der Waals surface area contributed by atoms with Gasteiger partial charge in [-0.3, -0.25) is 9.69 Å². The van der Waals surface area contributed by atoms with E-state index in [0.29, 0.717) is 77.8 Å². The molecule has 0 unspecified atom stereocenters. The molecular formula is C29H35Cl3N6O3S. The minimum Gasteiger partial charge on any atom is -0.340 e. The second-order valence-corrected chi connectivity index (χ2v) is 14.7. The monoisotopic (exact) mass is 652 g/mol. The number of aryl methyl sites for hydroxylation is 2. The van der Waals surface area contributed by atoms with Crippen LogP contribution in [0.2, 0.25) is 15.1 Å². The summed E-state index contributed by atoms with van der Waals surface area (Å²) < 4.78 is 29.5. The zero-order chi connectivity index (χ0) is 30.4. The van der Waals surface area contributed by atoms with Crippen LogP contribution in [-0.2, 0) is 20.4 Å². The number of piperidine rings is 1. The van der Waals surface area contributed by atoms with Crippen LogP contribution in [0.1, 0.15) is 43.5 Å². The summed E-state index contributed by atoms with van der Waals surface area (Å²) in [6.45, 7) is 11.3. The first-order chi connectivity index (χ1) is 19.8. The molecule has 1 amide bonds. The lowest BCUT2D eigenvalue weighted by atomic mass is 9.95. The third-order valence-electron chi connectivity index (χ3n) is 8.66. The lowest BCUT2D eigenvalue weighted by molar-refractivity contribution is -0.139. The molecular weight excluding hydrogens is 619 g/mol. The number of hydrogen-bond acceptors (Lipinski definition) is 6. The van der Waals surface area contributed by atoms with E-state index in [2.05, 4.69) is 29.1 Å². The largest absolute Gasteiger partial charge is 0.340 e. The number of nitrogens with zero attached hydrogens (tertiary/aromatic N) is 6. The highest BCUT2D eigenvalue weighted by atomic mass is 35.5. The molecule has 2 saturated heterocycles. The summed E-state index contributed by atoms with van der Waals surface area (Å²) in [6, 6.07) is 8.47. The minimum atomic E-state index is -3.58. The number of sulfonamides is 1. The standard InChI is InChI=1S/C29H35Cl3N6O3S/c1-19-5-6-22(15-20(19)2)42(40,41)37-9-7-21(8-10-37)28(39)35-11-13-36(14-12-35)29(3,4)27-18-38(34-33-27)26-17-24(31)23(30)16-25(26)32/h5-6,15-18,21H,7-14H2,1-4H3. The van der Waals surface area contributed by atoms with E-state index in [1.54, 1.807) is 28.9 Å². The molecule has 1 aromatic heterocycles. The molecule has 2 aromatic carbocycles. The Bertz CT molecular complexity index is 1590. The zero-order valence-electron chi connectivity index (χ0n) is 24.1. The van der Waals surface area contributed by atoms with Gasteiger partial charge < -0.3 is 4.90 Å². The molecule has 226 valence electrons. The maximum absolute atomic E-state index is 13.4. The lowest BCUT2D eigenvalue weighted by Crippen LogP contribution is -2.56. The van der Waals surface area contributed by atoms with Gasteiger partial charge in [-0.2, -0.15) is 4.31 Å². The number of carbonyl (C=O) groups is 1. The highest BCUT2D eigenvalue weighted by Gasteiger charge is 2.38. The normalized spacial score (nSPS) is 18.0. The van der Waals surface area contributed by atoms with Gasteiger partial charge in [0.05, 0.1) is 37.4 Å². The first-order valence-corrected chi connectivity index (χ1v) is 16.6. The van der Waals surface area contributed by atoms with Gasteiger partial charge in [0.2, 0.25) is 15.9 Å². The van der Waals surface area contributed by atoms with Crippen LogP contribution in [0.4, 0.5) is 0 Å². The molecule has 0 aliphatic carbocycles. The molecule has 5 rings (SSSR count). The van der Waals surface area contributed by atoms with E-state index < -0.39 is 15.6 Å². The smallest absolute Gasteiger partial charge is 0.243 e. The maximum Gasteiger partial charge on any atom is 0.243 e. The summed E-state index contributed by atoms with van der Waals surface area (Å²) in [5.74, 6) is -0.0671. The van der Waals surface area contributed by atoms with E-state index in [1.165, 1.54) is 4.31 Å². The number of hydrogen-bond donors (Lipinski definition) is 0. The molecule has 42 heavy (non-hydrogen) atoms. The average molecular weight is 654 g/mol. The fourth-order valence-corrected chi connectivity index (χ4v) is 7.81. The molecule has 0 spiro atoms. The summed E-state index contributed by atoms with van der Waals surface area (Å²) in [7, 11) is -3.58. The molecule has 0 bridgehead atoms. The Morgan fingerprint density at radius 2 is 1.52 bits per heavy atom. The number of rotatable bonds is 6. The zero-order valence-corrected chi connectivity index (χ0v) is 27.2. The molecule has 9 nitrogen and oxygen atoms in total. The molecule has 0 saturated carbocycles. The highest BCUT2D eigenvalue weighted by molar-refractivity contribution is 7.89. The summed E-state index contributed by atoms with van der Waals surface area (Å²) in [4.78, 5) is 17.9. The average Bonchev–Trinajstić information content (AvgIpc) is 3.47. The minimum absolute atomic E-state index is 0.107. The molecule has 0 radical (unpaired) electrons. The van der Waals surface area contributed by atoms with Gasteiger partial charge >= 0.3 is 0 Å². The van der Waals surface area contributed by atoms with Crippen molar-refractivity contribution in [3.05, 3.63) is 68.4 Å². The van der Waals surface area contributed by atoms with Crippen molar-refractivity contribution >= 4 is 50.7 Å². The molecule has 2 aliphatic rings. The van der Waals surface area contributed by atoms with Crippen molar-refractivity contribution in [2.45, 2.75) is 51.0 Å². The van der Waals surface area contributed by atoms with Crippen molar-refractivity contribution in [1.29, 1.82) is 0 Å². The molecule has 0 atom stereocenters. The van der Waals surface area contributed by atoms with Crippen LogP contribution in [-0.4, -0.2) is 82.7 Å². The van der Waals surface area contributed by atoms with Gasteiger partial charge in [0.15, 0.2) is 0 Å². The lowest BCUT2D eigenvalue weighted by Gasteiger charge is -2.44. The van der Waals surface area contributed by atoms with Gasteiger partial charge in [-0.25, -0.2) is 13.1 Å². The third kappa shape index (κ3) is 6.07. The fourth-order valence-electron chi connectivity index (χ4n) is 5.62. The number of carbonyl (C=O) groups excluding carboxylic acids is 1. The van der Waals surface area contributed by atoms with E-state index in [9.17, 15) is 13.2 Å². The molecule has 3 heterocycles. The number of aromatic nitrogens is 3. The van der Waals surface area contributed by atoms with Gasteiger partial charge in [0, 0.05) is 45.2 Å². The first kappa shape index (κ1) is 31.2. The Hall–Kier alpha value is -2.21. The van der Waals surface area contributed by atoms with Gasteiger partial charge in [-0.15, -0.1) is 5.10 Å². The Balaban J connectivity index is 1.17. The summed E-state index contributed by atoms with van der Waals surface area (Å²) in [6.07, 6.45) is 2.88. The number of amides is 1. The van der Waals surface area contributed by atoms with Gasteiger partial charge in [-0.05, 0) is 75.9 Å². The third-order valence-corrected chi connectivity index (χ3v) is 11.6. The van der Waals surface area contributed by atoms with Crippen molar-refractivity contribution < 1.29 is 13.2 Å². The quantitative estimate of drug-likeness (QED) is 0.335. The van der Waals surface area contributed by atoms with Gasteiger partial charge in [-0.1, -0.05) is 46.1 Å². The van der Waals surface area contributed by atoms with Crippen molar-refractivity contribution in [3.8, 4) is 5.69 Å². The predicted molar refractivity (Wildman–Crippen MR) is 165 cm³/mol. The van der Waals surface area contributed by atoms with Crippen LogP contribution in [0, 0.1) is 19.8 Å². The van der Waals surface area contributed by atoms with Crippen LogP contribution < -0.4 is 0 Å². The summed E-state index contributed by atoms with van der Waals surface area (Å²) >= 11 is 18.6. The molecule has 3 aromatic rings. The Labute approximate surface area is 262 Å². The van der Waals surface area contributed by atoms with E-state index in [0.717, 1.165) is 16.8 Å². The van der Waals surface area contributed by atoms with Crippen molar-refractivity contribution in [2.24, 2.45) is 5.92 Å². The van der Waals surface area contributed by atoms with Crippen LogP contribution in [0.15, 0.2) is 41.4 Å². The predicted octanol–water partition coefficient (Wildman–Crippen LogP) is 5.32. The van der Waals surface area contributed by atoms with Crippen molar-refractivity contribution in [1.82, 2.24) is 29.1 Å². The number of halogens is 3. The first-order valence-electron chi connectivity index (χ1n) is 14.0. The van der Waals surface area contributed by atoms with E-state index in [1.807, 2.05) is 31.0 Å². The topological polar surface area (TPSA) is 91.6 Å². The molecule has 2 aliphatic heterocycles. The highest BCUT2D eigenvalue weighted by Crippen LogP contribution is 2.33. The molecule has 13 heteroatoms. The van der Waals surface area contributed by atoms with Gasteiger partial charge in [0.25, 0.3) is 0 Å². The Kier molecular flexibility index (Phi) is 8.96. The van der Waals surface area contributed by atoms with Crippen molar-refractivity contribution in [3.63, 3.8) is 0 Å². The van der Waals surface area contributed by atoms with Crippen LogP contribution >= 0.6 is 34.8 Å². The summed E-state index contributed by atoms with van der Waals surface area (Å²) in [5, 5.41) is 9.86. The number of benzene rings is 2. The molecule has 0 N–H and O–H groups in total. The SMILES string of the molecule is Cc1ccc(S(=O)(=O)N2CCC(C(=O)N3CCN(C(C)(C)c4cn(-c5cc(Cl)c(Cl)cc5Cl)nn4)CC3)CC2)cc1C. The van der Waals surface area contributed by atoms with E-state index >= 15 is 0 Å². The second kappa shape index (κ2) is 12.1. The fraction of sp³-hybridized carbons (Fsp3) is 0.483.